The third-order valence-electron chi connectivity index (χ3n) is 3.19. The minimum absolute atomic E-state index is 0.0630. The lowest BCUT2D eigenvalue weighted by Crippen LogP contribution is -2.60. The van der Waals surface area contributed by atoms with E-state index in [2.05, 4.69) is 10.3 Å². The fraction of sp³-hybridized carbons (Fsp3) is 0.462. The summed E-state index contributed by atoms with van der Waals surface area (Å²) in [4.78, 5) is 29.7. The van der Waals surface area contributed by atoms with Crippen LogP contribution in [0.3, 0.4) is 0 Å². The second-order valence-electron chi connectivity index (χ2n) is 4.63. The zero-order valence-corrected chi connectivity index (χ0v) is 11.0. The Hall–Kier alpha value is -1.95. The molecule has 0 fully saturated rings. The fourth-order valence-electron chi connectivity index (χ4n) is 2.14. The highest BCUT2D eigenvalue weighted by molar-refractivity contribution is 6.09. The van der Waals surface area contributed by atoms with Crippen LogP contribution in [0, 0.1) is 0 Å². The van der Waals surface area contributed by atoms with Crippen molar-refractivity contribution in [3.8, 4) is 0 Å². The molecule has 2 heterocycles. The second kappa shape index (κ2) is 5.36. The molecule has 2 aliphatic rings. The van der Waals surface area contributed by atoms with Gasteiger partial charge in [0, 0.05) is 19.9 Å². The smallest absolute Gasteiger partial charge is 0.250 e. The molecular weight excluding hydrogens is 246 g/mol. The van der Waals surface area contributed by atoms with Crippen molar-refractivity contribution >= 4 is 17.6 Å². The maximum Gasteiger partial charge on any atom is 0.250 e. The van der Waals surface area contributed by atoms with Gasteiger partial charge in [0.05, 0.1) is 13.0 Å². The number of amidine groups is 1. The van der Waals surface area contributed by atoms with Crippen LogP contribution < -0.4 is 5.32 Å². The van der Waals surface area contributed by atoms with Gasteiger partial charge in [-0.25, -0.2) is 0 Å². The van der Waals surface area contributed by atoms with E-state index < -0.39 is 5.54 Å². The fourth-order valence-corrected chi connectivity index (χ4v) is 2.14. The van der Waals surface area contributed by atoms with Crippen molar-refractivity contribution in [1.29, 1.82) is 0 Å². The number of nitrogens with one attached hydrogen (secondary N) is 1. The number of aliphatic imine (C=N–C) groups is 1. The first-order valence-corrected chi connectivity index (χ1v) is 6.11. The molecular formula is C13H17N3O3. The Kier molecular flexibility index (Phi) is 3.80. The molecule has 0 saturated carbocycles. The third kappa shape index (κ3) is 2.58. The molecule has 1 unspecified atom stereocenters. The second-order valence-corrected chi connectivity index (χ2v) is 4.63. The highest BCUT2D eigenvalue weighted by Gasteiger charge is 2.44. The van der Waals surface area contributed by atoms with Crippen molar-refractivity contribution < 1.29 is 14.3 Å². The van der Waals surface area contributed by atoms with E-state index in [1.165, 1.54) is 0 Å². The number of carbonyl (C=O) groups is 2. The summed E-state index contributed by atoms with van der Waals surface area (Å²) in [6, 6.07) is 0. The Labute approximate surface area is 111 Å². The van der Waals surface area contributed by atoms with Gasteiger partial charge < -0.3 is 15.0 Å². The van der Waals surface area contributed by atoms with Crippen molar-refractivity contribution in [2.75, 3.05) is 20.3 Å². The van der Waals surface area contributed by atoms with Gasteiger partial charge in [0.2, 0.25) is 5.91 Å². The molecule has 0 aromatic carbocycles. The number of hydrogen-bond donors (Lipinski definition) is 1. The minimum Gasteiger partial charge on any atom is -0.383 e. The Bertz CT molecular complexity index is 482. The van der Waals surface area contributed by atoms with E-state index >= 15 is 0 Å². The summed E-state index contributed by atoms with van der Waals surface area (Å²) < 4.78 is 4.90. The van der Waals surface area contributed by atoms with Crippen LogP contribution >= 0.6 is 0 Å². The van der Waals surface area contributed by atoms with Gasteiger partial charge in [-0.3, -0.25) is 9.59 Å². The van der Waals surface area contributed by atoms with Gasteiger partial charge in [0.1, 0.15) is 11.4 Å². The van der Waals surface area contributed by atoms with Crippen LogP contribution in [0.5, 0.6) is 0 Å². The van der Waals surface area contributed by atoms with Crippen LogP contribution in [-0.4, -0.2) is 48.4 Å². The number of carbonyl (C=O) groups excluding carboxylic acids is 2. The van der Waals surface area contributed by atoms with Gasteiger partial charge in [-0.15, -0.1) is 0 Å². The monoisotopic (exact) mass is 263 g/mol. The Morgan fingerprint density at radius 2 is 2.37 bits per heavy atom. The van der Waals surface area contributed by atoms with E-state index in [0.717, 1.165) is 0 Å². The van der Waals surface area contributed by atoms with Crippen LogP contribution in [0.1, 0.15) is 13.3 Å². The number of allylic oxidation sites excluding steroid dienone is 2. The third-order valence-corrected chi connectivity index (χ3v) is 3.19. The lowest BCUT2D eigenvalue weighted by molar-refractivity contribution is -0.134. The van der Waals surface area contributed by atoms with Crippen LogP contribution in [0.2, 0.25) is 0 Å². The summed E-state index contributed by atoms with van der Waals surface area (Å²) >= 11 is 0. The molecule has 102 valence electrons. The quantitative estimate of drug-likeness (QED) is 0.737. The van der Waals surface area contributed by atoms with Gasteiger partial charge in [-0.1, -0.05) is 6.08 Å². The van der Waals surface area contributed by atoms with Gasteiger partial charge in [0.25, 0.3) is 5.91 Å². The predicted octanol–water partition coefficient (Wildman–Crippen LogP) is 0.222. The average Bonchev–Trinajstić information content (AvgIpc) is 2.38. The Balaban J connectivity index is 2.19. The number of hydrogen-bond acceptors (Lipinski definition) is 4. The minimum atomic E-state index is -0.941. The van der Waals surface area contributed by atoms with Crippen molar-refractivity contribution in [1.82, 2.24) is 10.2 Å². The first kappa shape index (κ1) is 13.5. The van der Waals surface area contributed by atoms with E-state index in [1.54, 1.807) is 37.3 Å². The van der Waals surface area contributed by atoms with Crippen LogP contribution in [0.25, 0.3) is 0 Å². The number of rotatable bonds is 4. The van der Waals surface area contributed by atoms with E-state index in [4.69, 9.17) is 4.74 Å². The molecule has 0 radical (unpaired) electrons. The Morgan fingerprint density at radius 3 is 3.11 bits per heavy atom. The van der Waals surface area contributed by atoms with Crippen LogP contribution in [0.4, 0.5) is 0 Å². The number of methoxy groups -OCH3 is 1. The van der Waals surface area contributed by atoms with E-state index in [0.29, 0.717) is 19.0 Å². The molecule has 0 saturated heterocycles. The molecule has 2 aliphatic heterocycles. The lowest BCUT2D eigenvalue weighted by Gasteiger charge is -2.41. The number of fused-ring (bicyclic) bond motifs is 1. The molecule has 1 N–H and O–H groups in total. The van der Waals surface area contributed by atoms with E-state index in [1.807, 2.05) is 6.08 Å². The summed E-state index contributed by atoms with van der Waals surface area (Å²) in [5.74, 6) is 0.0176. The molecule has 0 bridgehead atoms. The van der Waals surface area contributed by atoms with Gasteiger partial charge in [0.15, 0.2) is 0 Å². The maximum absolute atomic E-state index is 12.3. The molecule has 0 aromatic heterocycles. The Morgan fingerprint density at radius 1 is 1.58 bits per heavy atom. The normalized spacial score (nSPS) is 25.1. The van der Waals surface area contributed by atoms with Crippen LogP contribution in [-0.2, 0) is 14.3 Å². The van der Waals surface area contributed by atoms with Gasteiger partial charge in [-0.2, -0.15) is 4.99 Å². The van der Waals surface area contributed by atoms with E-state index in [9.17, 15) is 9.59 Å². The summed E-state index contributed by atoms with van der Waals surface area (Å²) in [6.07, 6.45) is 7.15. The predicted molar refractivity (Wildman–Crippen MR) is 70.5 cm³/mol. The van der Waals surface area contributed by atoms with Crippen molar-refractivity contribution in [2.24, 2.45) is 4.99 Å². The SMILES string of the molecule is COCCNC(=O)C1(C)CC(=O)N=C2C=CC=CN21. The van der Waals surface area contributed by atoms with Crippen molar-refractivity contribution in [3.63, 3.8) is 0 Å². The highest BCUT2D eigenvalue weighted by Crippen LogP contribution is 2.27. The molecule has 0 spiro atoms. The highest BCUT2D eigenvalue weighted by atomic mass is 16.5. The van der Waals surface area contributed by atoms with Crippen LogP contribution in [0.15, 0.2) is 29.4 Å². The standard InChI is InChI=1S/C13H17N3O3/c1-13(12(18)14-6-8-19-2)9-11(17)15-10-5-3-4-7-16(10)13/h3-5,7H,6,8-9H2,1-2H3,(H,14,18). The summed E-state index contributed by atoms with van der Waals surface area (Å²) in [7, 11) is 1.57. The molecule has 19 heavy (non-hydrogen) atoms. The molecule has 1 atom stereocenters. The summed E-state index contributed by atoms with van der Waals surface area (Å²) in [6.45, 7) is 2.59. The largest absolute Gasteiger partial charge is 0.383 e. The zero-order valence-electron chi connectivity index (χ0n) is 11.0. The molecule has 6 nitrogen and oxygen atoms in total. The summed E-state index contributed by atoms with van der Waals surface area (Å²) in [5, 5.41) is 2.78. The topological polar surface area (TPSA) is 71.0 Å². The average molecular weight is 263 g/mol. The van der Waals surface area contributed by atoms with Gasteiger partial charge >= 0.3 is 0 Å². The molecule has 6 heteroatoms. The first-order valence-electron chi connectivity index (χ1n) is 6.11. The maximum atomic E-state index is 12.3. The van der Waals surface area contributed by atoms with Crippen molar-refractivity contribution in [3.05, 3.63) is 24.4 Å². The number of nitrogens with zero attached hydrogens (tertiary/aromatic N) is 2. The first-order chi connectivity index (χ1) is 9.08. The molecule has 0 aliphatic carbocycles. The molecule has 2 rings (SSSR count). The van der Waals surface area contributed by atoms with Gasteiger partial charge in [-0.05, 0) is 19.1 Å². The number of ether oxygens (including phenoxy) is 1. The zero-order chi connectivity index (χ0) is 13.9. The number of amides is 2. The summed E-state index contributed by atoms with van der Waals surface area (Å²) in [5.41, 5.74) is -0.941. The molecule has 2 amide bonds. The lowest BCUT2D eigenvalue weighted by atomic mass is 9.91. The molecule has 0 aromatic rings. The van der Waals surface area contributed by atoms with E-state index in [-0.39, 0.29) is 18.2 Å². The van der Waals surface area contributed by atoms with Crippen molar-refractivity contribution in [2.45, 2.75) is 18.9 Å².